The zero-order chi connectivity index (χ0) is 15.4. The molecule has 1 aliphatic heterocycles. The van der Waals surface area contributed by atoms with Gasteiger partial charge < -0.3 is 9.47 Å². The molecular formula is C16H15N3O3. The molecule has 0 radical (unpaired) electrons. The highest BCUT2D eigenvalue weighted by Crippen LogP contribution is 2.30. The minimum atomic E-state index is -0.301. The first kappa shape index (κ1) is 14.1. The van der Waals surface area contributed by atoms with E-state index in [9.17, 15) is 4.79 Å². The third-order valence-electron chi connectivity index (χ3n) is 3.21. The molecule has 0 fully saturated rings. The number of hydrazone groups is 1. The van der Waals surface area contributed by atoms with Crippen LogP contribution < -0.4 is 14.9 Å². The van der Waals surface area contributed by atoms with Crippen molar-refractivity contribution in [1.82, 2.24) is 10.4 Å². The van der Waals surface area contributed by atoms with Crippen molar-refractivity contribution in [3.63, 3.8) is 0 Å². The number of amides is 1. The van der Waals surface area contributed by atoms with Crippen molar-refractivity contribution in [2.24, 2.45) is 5.10 Å². The van der Waals surface area contributed by atoms with Crippen LogP contribution in [0.25, 0.3) is 0 Å². The summed E-state index contributed by atoms with van der Waals surface area (Å²) in [5, 5.41) is 4.11. The molecule has 6 nitrogen and oxygen atoms in total. The van der Waals surface area contributed by atoms with Crippen LogP contribution in [0.2, 0.25) is 0 Å². The first-order chi connectivity index (χ1) is 10.7. The molecule has 0 saturated carbocycles. The van der Waals surface area contributed by atoms with Gasteiger partial charge in [0.2, 0.25) is 0 Å². The number of hydrogen-bond acceptors (Lipinski definition) is 5. The van der Waals surface area contributed by atoms with E-state index in [0.717, 1.165) is 11.3 Å². The van der Waals surface area contributed by atoms with Gasteiger partial charge >= 0.3 is 0 Å². The van der Waals surface area contributed by atoms with Crippen LogP contribution in [0.15, 0.2) is 47.8 Å². The molecule has 0 saturated heterocycles. The number of benzene rings is 1. The molecule has 2 heterocycles. The second kappa shape index (κ2) is 6.26. The Balaban J connectivity index is 1.73. The Hall–Kier alpha value is -2.89. The summed E-state index contributed by atoms with van der Waals surface area (Å²) < 4.78 is 11.0. The quantitative estimate of drug-likeness (QED) is 0.695. The molecule has 0 aliphatic carbocycles. The Labute approximate surface area is 127 Å². The van der Waals surface area contributed by atoms with Gasteiger partial charge in [0.05, 0.1) is 11.3 Å². The molecule has 1 N–H and O–H groups in total. The largest absolute Gasteiger partial charge is 0.486 e. The van der Waals surface area contributed by atoms with Crippen molar-refractivity contribution in [3.8, 4) is 11.5 Å². The molecule has 1 aromatic heterocycles. The van der Waals surface area contributed by atoms with Crippen LogP contribution in [-0.4, -0.2) is 29.8 Å². The fraction of sp³-hybridized carbons (Fsp3) is 0.188. The minimum Gasteiger partial charge on any atom is -0.486 e. The topological polar surface area (TPSA) is 72.8 Å². The third kappa shape index (κ3) is 3.06. The van der Waals surface area contributed by atoms with Gasteiger partial charge in [-0.25, -0.2) is 5.43 Å². The van der Waals surface area contributed by atoms with E-state index >= 15 is 0 Å². The van der Waals surface area contributed by atoms with E-state index in [1.165, 1.54) is 6.20 Å². The Morgan fingerprint density at radius 3 is 2.77 bits per heavy atom. The van der Waals surface area contributed by atoms with Crippen LogP contribution in [0.1, 0.15) is 22.8 Å². The highest BCUT2D eigenvalue weighted by Gasteiger charge is 2.12. The summed E-state index contributed by atoms with van der Waals surface area (Å²) in [7, 11) is 0. The van der Waals surface area contributed by atoms with E-state index < -0.39 is 0 Å². The van der Waals surface area contributed by atoms with E-state index in [4.69, 9.17) is 9.47 Å². The van der Waals surface area contributed by atoms with Crippen LogP contribution in [0, 0.1) is 0 Å². The van der Waals surface area contributed by atoms with E-state index in [1.54, 1.807) is 18.3 Å². The Morgan fingerprint density at radius 1 is 1.18 bits per heavy atom. The van der Waals surface area contributed by atoms with Gasteiger partial charge in [-0.2, -0.15) is 5.10 Å². The smallest absolute Gasteiger partial charge is 0.272 e. The lowest BCUT2D eigenvalue weighted by Crippen LogP contribution is -2.19. The number of nitrogens with zero attached hydrogens (tertiary/aromatic N) is 2. The summed E-state index contributed by atoms with van der Waals surface area (Å²) in [6.45, 7) is 2.90. The van der Waals surface area contributed by atoms with Crippen molar-refractivity contribution in [1.29, 1.82) is 0 Å². The average Bonchev–Trinajstić information content (AvgIpc) is 2.59. The number of hydrogen-bond donors (Lipinski definition) is 1. The van der Waals surface area contributed by atoms with Gasteiger partial charge in [-0.15, -0.1) is 0 Å². The van der Waals surface area contributed by atoms with Gasteiger partial charge in [0.25, 0.3) is 5.91 Å². The molecule has 2 aromatic rings. The van der Waals surface area contributed by atoms with Crippen molar-refractivity contribution in [3.05, 3.63) is 53.9 Å². The molecule has 3 rings (SSSR count). The lowest BCUT2D eigenvalue weighted by atomic mass is 10.1. The highest BCUT2D eigenvalue weighted by molar-refractivity contribution is 6.01. The van der Waals surface area contributed by atoms with Gasteiger partial charge in [0.1, 0.15) is 13.2 Å². The number of nitrogens with one attached hydrogen (secondary N) is 1. The summed E-state index contributed by atoms with van der Waals surface area (Å²) in [6.07, 6.45) is 3.10. The zero-order valence-electron chi connectivity index (χ0n) is 12.1. The average molecular weight is 297 g/mol. The first-order valence-electron chi connectivity index (χ1n) is 6.89. The molecule has 0 unspecified atom stereocenters. The molecule has 0 atom stereocenters. The molecule has 1 aliphatic rings. The van der Waals surface area contributed by atoms with Gasteiger partial charge in [0.15, 0.2) is 11.5 Å². The third-order valence-corrected chi connectivity index (χ3v) is 3.21. The van der Waals surface area contributed by atoms with Crippen LogP contribution >= 0.6 is 0 Å². The van der Waals surface area contributed by atoms with E-state index in [0.29, 0.717) is 30.2 Å². The van der Waals surface area contributed by atoms with E-state index in [1.807, 2.05) is 25.1 Å². The first-order valence-corrected chi connectivity index (χ1v) is 6.89. The SMILES string of the molecule is C/C(=N\NC(=O)c1cccnc1)c1ccc2c(c1)OCCO2. The molecule has 0 bridgehead atoms. The maximum atomic E-state index is 11.9. The van der Waals surface area contributed by atoms with E-state index in [-0.39, 0.29) is 5.91 Å². The molecule has 22 heavy (non-hydrogen) atoms. The monoisotopic (exact) mass is 297 g/mol. The van der Waals surface area contributed by atoms with Crippen LogP contribution in [-0.2, 0) is 0 Å². The highest BCUT2D eigenvalue weighted by atomic mass is 16.6. The molecule has 6 heteroatoms. The number of fused-ring (bicyclic) bond motifs is 1. The summed E-state index contributed by atoms with van der Waals surface area (Å²) in [5.41, 5.74) is 4.51. The second-order valence-electron chi connectivity index (χ2n) is 4.74. The maximum Gasteiger partial charge on any atom is 0.272 e. The van der Waals surface area contributed by atoms with Crippen LogP contribution in [0.3, 0.4) is 0 Å². The Kier molecular flexibility index (Phi) is 4.00. The molecule has 1 aromatic carbocycles. The Bertz CT molecular complexity index is 714. The van der Waals surface area contributed by atoms with E-state index in [2.05, 4.69) is 15.5 Å². The van der Waals surface area contributed by atoms with Gasteiger partial charge in [-0.1, -0.05) is 0 Å². The number of ether oxygens (including phenoxy) is 2. The summed E-state index contributed by atoms with van der Waals surface area (Å²) in [4.78, 5) is 15.8. The van der Waals surface area contributed by atoms with Crippen molar-refractivity contribution in [2.75, 3.05) is 13.2 Å². The normalized spacial score (nSPS) is 13.6. The fourth-order valence-electron chi connectivity index (χ4n) is 2.03. The van der Waals surface area contributed by atoms with Crippen molar-refractivity contribution in [2.45, 2.75) is 6.92 Å². The molecule has 112 valence electrons. The molecule has 0 spiro atoms. The predicted molar refractivity (Wildman–Crippen MR) is 81.3 cm³/mol. The number of rotatable bonds is 3. The lowest BCUT2D eigenvalue weighted by molar-refractivity contribution is 0.0954. The predicted octanol–water partition coefficient (Wildman–Crippen LogP) is 2.01. The molecule has 1 amide bonds. The number of carbonyl (C=O) groups is 1. The van der Waals surface area contributed by atoms with Gasteiger partial charge in [-0.3, -0.25) is 9.78 Å². The second-order valence-corrected chi connectivity index (χ2v) is 4.74. The van der Waals surface area contributed by atoms with Crippen LogP contribution in [0.5, 0.6) is 11.5 Å². The number of pyridine rings is 1. The fourth-order valence-corrected chi connectivity index (χ4v) is 2.03. The lowest BCUT2D eigenvalue weighted by Gasteiger charge is -2.18. The van der Waals surface area contributed by atoms with Crippen LogP contribution in [0.4, 0.5) is 0 Å². The summed E-state index contributed by atoms with van der Waals surface area (Å²) >= 11 is 0. The van der Waals surface area contributed by atoms with Crippen molar-refractivity contribution >= 4 is 11.6 Å². The Morgan fingerprint density at radius 2 is 2.00 bits per heavy atom. The summed E-state index contributed by atoms with van der Waals surface area (Å²) in [5.74, 6) is 1.11. The maximum absolute atomic E-state index is 11.9. The molecular weight excluding hydrogens is 282 g/mol. The zero-order valence-corrected chi connectivity index (χ0v) is 12.1. The van der Waals surface area contributed by atoms with Crippen molar-refractivity contribution < 1.29 is 14.3 Å². The minimum absolute atomic E-state index is 0.301. The standard InChI is InChI=1S/C16H15N3O3/c1-11(18-19-16(20)13-3-2-6-17-10-13)12-4-5-14-15(9-12)22-8-7-21-14/h2-6,9-10H,7-8H2,1H3,(H,19,20)/b18-11+. The van der Waals surface area contributed by atoms with Gasteiger partial charge in [0, 0.05) is 18.0 Å². The number of aromatic nitrogens is 1. The number of carbonyl (C=O) groups excluding carboxylic acids is 1. The van der Waals surface area contributed by atoms with Gasteiger partial charge in [-0.05, 0) is 37.3 Å². The summed E-state index contributed by atoms with van der Waals surface area (Å²) in [6, 6.07) is 8.95.